The summed E-state index contributed by atoms with van der Waals surface area (Å²) in [6.07, 6.45) is 8.59. The first-order valence-electron chi connectivity index (χ1n) is 6.82. The highest BCUT2D eigenvalue weighted by molar-refractivity contribution is 7.09. The molecule has 0 unspecified atom stereocenters. The Morgan fingerprint density at radius 3 is 2.67 bits per heavy atom. The van der Waals surface area contributed by atoms with Gasteiger partial charge in [-0.3, -0.25) is 4.79 Å². The predicted octanol–water partition coefficient (Wildman–Crippen LogP) is 3.38. The Balaban J connectivity index is 2.09. The third-order valence-electron chi connectivity index (χ3n) is 3.64. The van der Waals surface area contributed by atoms with Gasteiger partial charge in [-0.1, -0.05) is 25.7 Å². The maximum Gasteiger partial charge on any atom is 0.171 e. The monoisotopic (exact) mass is 267 g/mol. The molecule has 1 aromatic heterocycles. The van der Waals surface area contributed by atoms with Crippen molar-refractivity contribution in [2.24, 2.45) is 0 Å². The second-order valence-electron chi connectivity index (χ2n) is 4.87. The molecular formula is C14H21NO2S. The zero-order chi connectivity index (χ0) is 12.8. The highest BCUT2D eigenvalue weighted by atomic mass is 32.1. The fourth-order valence-electron chi connectivity index (χ4n) is 2.72. The van der Waals surface area contributed by atoms with Crippen LogP contribution in [0.2, 0.25) is 0 Å². The van der Waals surface area contributed by atoms with E-state index in [4.69, 9.17) is 4.74 Å². The van der Waals surface area contributed by atoms with Crippen molar-refractivity contribution in [2.45, 2.75) is 57.5 Å². The second kappa shape index (κ2) is 6.43. The van der Waals surface area contributed by atoms with Crippen LogP contribution in [0.25, 0.3) is 0 Å². The van der Waals surface area contributed by atoms with Gasteiger partial charge in [-0.05, 0) is 19.8 Å². The molecule has 100 valence electrons. The number of aromatic nitrogens is 1. The third kappa shape index (κ3) is 3.18. The molecule has 0 aliphatic heterocycles. The van der Waals surface area contributed by atoms with Crippen molar-refractivity contribution in [1.29, 1.82) is 0 Å². The quantitative estimate of drug-likeness (QED) is 0.768. The minimum atomic E-state index is -0.531. The Labute approximate surface area is 113 Å². The highest BCUT2D eigenvalue weighted by Gasteiger charge is 2.38. The molecule has 0 saturated heterocycles. The fraction of sp³-hybridized carbons (Fsp3) is 0.714. The minimum absolute atomic E-state index is 0.223. The van der Waals surface area contributed by atoms with Gasteiger partial charge in [0.05, 0.1) is 11.4 Å². The number of ether oxygens (including phenoxy) is 1. The number of carbonyl (C=O) groups excluding carboxylic acids is 1. The van der Waals surface area contributed by atoms with Gasteiger partial charge >= 0.3 is 0 Å². The molecule has 1 heterocycles. The van der Waals surface area contributed by atoms with Gasteiger partial charge in [-0.2, -0.15) is 0 Å². The molecule has 0 spiro atoms. The van der Waals surface area contributed by atoms with Crippen LogP contribution in [0.4, 0.5) is 0 Å². The standard InChI is InChI=1S/C14H21NO2S/c1-2-17-14(7-5-3-4-6-8-14)12(16)11-13-15-9-10-18-13/h9-10H,2-8,11H2,1H3. The van der Waals surface area contributed by atoms with Gasteiger partial charge < -0.3 is 4.74 Å². The highest BCUT2D eigenvalue weighted by Crippen LogP contribution is 2.32. The Morgan fingerprint density at radius 2 is 2.11 bits per heavy atom. The maximum absolute atomic E-state index is 12.6. The predicted molar refractivity (Wildman–Crippen MR) is 72.9 cm³/mol. The first-order chi connectivity index (χ1) is 8.77. The van der Waals surface area contributed by atoms with Gasteiger partial charge in [0.1, 0.15) is 5.60 Å². The lowest BCUT2D eigenvalue weighted by Crippen LogP contribution is -2.42. The first-order valence-corrected chi connectivity index (χ1v) is 7.70. The van der Waals surface area contributed by atoms with E-state index in [1.54, 1.807) is 17.5 Å². The molecule has 0 amide bonds. The van der Waals surface area contributed by atoms with E-state index < -0.39 is 5.60 Å². The SMILES string of the molecule is CCOC1(C(=O)Cc2nccs2)CCCCCC1. The number of hydrogen-bond donors (Lipinski definition) is 0. The van der Waals surface area contributed by atoms with E-state index >= 15 is 0 Å². The van der Waals surface area contributed by atoms with Crippen LogP contribution in [0.5, 0.6) is 0 Å². The van der Waals surface area contributed by atoms with Crippen LogP contribution in [0, 0.1) is 0 Å². The molecule has 18 heavy (non-hydrogen) atoms. The molecule has 1 aliphatic rings. The van der Waals surface area contributed by atoms with Gasteiger partial charge in [0.2, 0.25) is 0 Å². The second-order valence-corrected chi connectivity index (χ2v) is 5.85. The minimum Gasteiger partial charge on any atom is -0.367 e. The van der Waals surface area contributed by atoms with Gasteiger partial charge in [0.25, 0.3) is 0 Å². The lowest BCUT2D eigenvalue weighted by atomic mass is 9.88. The molecule has 0 N–H and O–H groups in total. The van der Waals surface area contributed by atoms with Crippen molar-refractivity contribution in [2.75, 3.05) is 6.61 Å². The van der Waals surface area contributed by atoms with Crippen molar-refractivity contribution in [3.05, 3.63) is 16.6 Å². The number of rotatable bonds is 5. The topological polar surface area (TPSA) is 39.2 Å². The Kier molecular flexibility index (Phi) is 4.89. The lowest BCUT2D eigenvalue weighted by molar-refractivity contribution is -0.145. The zero-order valence-corrected chi connectivity index (χ0v) is 11.8. The lowest BCUT2D eigenvalue weighted by Gasteiger charge is -2.30. The molecule has 3 nitrogen and oxygen atoms in total. The summed E-state index contributed by atoms with van der Waals surface area (Å²) in [5.41, 5.74) is -0.531. The first kappa shape index (κ1) is 13.7. The summed E-state index contributed by atoms with van der Waals surface area (Å²) >= 11 is 1.55. The third-order valence-corrected chi connectivity index (χ3v) is 4.41. The van der Waals surface area contributed by atoms with Crippen molar-refractivity contribution in [3.8, 4) is 0 Å². The summed E-state index contributed by atoms with van der Waals surface area (Å²) in [6, 6.07) is 0. The van der Waals surface area contributed by atoms with Gasteiger partial charge in [-0.15, -0.1) is 11.3 Å². The molecule has 4 heteroatoms. The number of carbonyl (C=O) groups is 1. The molecule has 1 aromatic rings. The van der Waals surface area contributed by atoms with Crippen LogP contribution >= 0.6 is 11.3 Å². The Hall–Kier alpha value is -0.740. The van der Waals surface area contributed by atoms with E-state index in [9.17, 15) is 4.79 Å². The van der Waals surface area contributed by atoms with Crippen molar-refractivity contribution < 1.29 is 9.53 Å². The largest absolute Gasteiger partial charge is 0.367 e. The van der Waals surface area contributed by atoms with Crippen LogP contribution < -0.4 is 0 Å². The summed E-state index contributed by atoms with van der Waals surface area (Å²) in [7, 11) is 0. The average Bonchev–Trinajstić information content (AvgIpc) is 2.74. The van der Waals surface area contributed by atoms with Crippen LogP contribution in [0.1, 0.15) is 50.5 Å². The van der Waals surface area contributed by atoms with Crippen molar-refractivity contribution in [3.63, 3.8) is 0 Å². The molecule has 2 rings (SSSR count). The van der Waals surface area contributed by atoms with Gasteiger partial charge in [0.15, 0.2) is 5.78 Å². The smallest absolute Gasteiger partial charge is 0.171 e. The van der Waals surface area contributed by atoms with Gasteiger partial charge in [0, 0.05) is 18.2 Å². The molecule has 1 aliphatic carbocycles. The number of thiazole rings is 1. The van der Waals surface area contributed by atoms with E-state index in [-0.39, 0.29) is 5.78 Å². The molecule has 0 aromatic carbocycles. The molecule has 1 fully saturated rings. The Bertz CT molecular complexity index is 367. The van der Waals surface area contributed by atoms with Crippen LogP contribution in [0.3, 0.4) is 0 Å². The number of nitrogens with zero attached hydrogens (tertiary/aromatic N) is 1. The molecule has 0 atom stereocenters. The summed E-state index contributed by atoms with van der Waals surface area (Å²) in [5, 5.41) is 2.83. The van der Waals surface area contributed by atoms with Crippen LogP contribution in [0.15, 0.2) is 11.6 Å². The number of hydrogen-bond acceptors (Lipinski definition) is 4. The van der Waals surface area contributed by atoms with Crippen LogP contribution in [-0.4, -0.2) is 23.0 Å². The normalized spacial score (nSPS) is 19.4. The number of Topliss-reactive ketones (excluding diaryl/α,β-unsaturated/α-hetero) is 1. The van der Waals surface area contributed by atoms with E-state index in [2.05, 4.69) is 4.98 Å². The average molecular weight is 267 g/mol. The fourth-order valence-corrected chi connectivity index (χ4v) is 3.33. The summed E-state index contributed by atoms with van der Waals surface area (Å²) in [6.45, 7) is 2.59. The molecule has 0 bridgehead atoms. The van der Waals surface area contributed by atoms with Crippen molar-refractivity contribution in [1.82, 2.24) is 4.98 Å². The molecular weight excluding hydrogens is 246 g/mol. The van der Waals surface area contributed by atoms with Crippen molar-refractivity contribution >= 4 is 17.1 Å². The van der Waals surface area contributed by atoms with Gasteiger partial charge in [-0.25, -0.2) is 4.98 Å². The summed E-state index contributed by atoms with van der Waals surface area (Å²) < 4.78 is 5.89. The number of ketones is 1. The molecule has 0 radical (unpaired) electrons. The van der Waals surface area contributed by atoms with E-state index in [0.717, 1.165) is 30.7 Å². The summed E-state index contributed by atoms with van der Waals surface area (Å²) in [4.78, 5) is 16.8. The summed E-state index contributed by atoms with van der Waals surface area (Å²) in [5.74, 6) is 0.223. The van der Waals surface area contributed by atoms with E-state index in [0.29, 0.717) is 13.0 Å². The zero-order valence-electron chi connectivity index (χ0n) is 11.0. The Morgan fingerprint density at radius 1 is 1.39 bits per heavy atom. The van der Waals surface area contributed by atoms with E-state index in [1.807, 2.05) is 12.3 Å². The van der Waals surface area contributed by atoms with Crippen LogP contribution in [-0.2, 0) is 16.0 Å². The van der Waals surface area contributed by atoms with E-state index in [1.165, 1.54) is 12.8 Å². The molecule has 1 saturated carbocycles. The maximum atomic E-state index is 12.6.